The van der Waals surface area contributed by atoms with Gasteiger partial charge in [0.1, 0.15) is 0 Å². The molecule has 0 aromatic heterocycles. The molecule has 0 rings (SSSR count). The van der Waals surface area contributed by atoms with Crippen LogP contribution in [0.1, 0.15) is 20.8 Å². The number of hydrogen-bond donors (Lipinski definition) is 2. The molecular formula is C8H16N2O3S2. The molecule has 0 aliphatic carbocycles. The number of carbonyl (C=O) groups excluding carboxylic acids is 2. The van der Waals surface area contributed by atoms with Crippen LogP contribution in [0.25, 0.3) is 0 Å². The number of amides is 2. The second kappa shape index (κ2) is 6.84. The molecule has 0 heterocycles. The molecule has 88 valence electrons. The van der Waals surface area contributed by atoms with Gasteiger partial charge >= 0.3 is 6.09 Å². The van der Waals surface area contributed by atoms with E-state index in [0.717, 1.165) is 10.0 Å². The highest BCUT2D eigenvalue weighted by atomic mass is 32.1. The van der Waals surface area contributed by atoms with Gasteiger partial charge in [0.25, 0.3) is 0 Å². The molecule has 0 aromatic carbocycles. The molecule has 5 nitrogen and oxygen atoms in total. The van der Waals surface area contributed by atoms with Crippen molar-refractivity contribution in [2.45, 2.75) is 26.9 Å². The number of ether oxygens (including phenoxy) is 1. The summed E-state index contributed by atoms with van der Waals surface area (Å²) >= 11 is 7.92. The molecule has 0 saturated heterocycles. The van der Waals surface area contributed by atoms with Crippen molar-refractivity contribution in [2.75, 3.05) is 11.8 Å². The zero-order valence-corrected chi connectivity index (χ0v) is 10.8. The maximum Gasteiger partial charge on any atom is 0.429 e. The van der Waals surface area contributed by atoms with Crippen LogP contribution in [0.4, 0.5) is 4.79 Å². The van der Waals surface area contributed by atoms with Crippen molar-refractivity contribution < 1.29 is 14.3 Å². The second-order valence-electron chi connectivity index (χ2n) is 3.03. The van der Waals surface area contributed by atoms with Crippen molar-refractivity contribution in [2.24, 2.45) is 0 Å². The summed E-state index contributed by atoms with van der Waals surface area (Å²) in [6.45, 7) is 4.80. The van der Waals surface area contributed by atoms with E-state index in [1.807, 2.05) is 0 Å². The Morgan fingerprint density at radius 3 is 1.93 bits per heavy atom. The first-order chi connectivity index (χ1) is 6.93. The number of rotatable bonds is 3. The summed E-state index contributed by atoms with van der Waals surface area (Å²) in [7, 11) is 0. The van der Waals surface area contributed by atoms with Crippen molar-refractivity contribution in [3.63, 3.8) is 0 Å². The average molecular weight is 252 g/mol. The van der Waals surface area contributed by atoms with Crippen LogP contribution in [0, 0.1) is 0 Å². The van der Waals surface area contributed by atoms with Gasteiger partial charge in [-0.1, -0.05) is 0 Å². The third kappa shape index (κ3) is 4.65. The van der Waals surface area contributed by atoms with Gasteiger partial charge in [-0.05, 0) is 13.8 Å². The molecule has 0 radical (unpaired) electrons. The predicted octanol–water partition coefficient (Wildman–Crippen LogP) is 1.37. The Morgan fingerprint density at radius 1 is 1.20 bits per heavy atom. The predicted molar refractivity (Wildman–Crippen MR) is 63.7 cm³/mol. The lowest BCUT2D eigenvalue weighted by Gasteiger charge is -2.31. The summed E-state index contributed by atoms with van der Waals surface area (Å²) in [5, 5.41) is 2.25. The second-order valence-corrected chi connectivity index (χ2v) is 3.60. The van der Waals surface area contributed by atoms with Crippen molar-refractivity contribution in [1.29, 1.82) is 0 Å². The summed E-state index contributed by atoms with van der Waals surface area (Å²) in [5.41, 5.74) is 0. The van der Waals surface area contributed by atoms with Gasteiger partial charge in [-0.3, -0.25) is 4.79 Å². The zero-order chi connectivity index (χ0) is 12.0. The molecule has 15 heavy (non-hydrogen) atoms. The number of carbonyl (C=O) groups is 2. The fraction of sp³-hybridized carbons (Fsp3) is 0.750. The summed E-state index contributed by atoms with van der Waals surface area (Å²) in [4.78, 5) is 22.7. The first kappa shape index (κ1) is 14.4. The summed E-state index contributed by atoms with van der Waals surface area (Å²) in [6.07, 6.45) is -0.849. The van der Waals surface area contributed by atoms with E-state index in [0.29, 0.717) is 0 Å². The Balaban J connectivity index is 4.58. The molecule has 0 aliphatic rings. The Hall–Kier alpha value is -0.560. The van der Waals surface area contributed by atoms with Crippen LogP contribution in [0.2, 0.25) is 0 Å². The standard InChI is InChI=1S/C8H16N2O3S2/c1-6(2)13-8(12)10(5-15)9(4-14)7(3)11/h6,14-15H,4-5H2,1-3H3. The summed E-state index contributed by atoms with van der Waals surface area (Å²) < 4.78 is 4.95. The zero-order valence-electron chi connectivity index (χ0n) is 9.01. The lowest BCUT2D eigenvalue weighted by atomic mass is 10.5. The maximum absolute atomic E-state index is 11.5. The van der Waals surface area contributed by atoms with Gasteiger partial charge in [-0.15, -0.1) is 0 Å². The van der Waals surface area contributed by atoms with Crippen LogP contribution in [0.15, 0.2) is 0 Å². The molecule has 0 N–H and O–H groups in total. The SMILES string of the molecule is CC(=O)N(CS)N(CS)C(=O)OC(C)C. The van der Waals surface area contributed by atoms with Crippen LogP contribution in [0.5, 0.6) is 0 Å². The molecule has 0 bridgehead atoms. The minimum Gasteiger partial charge on any atom is -0.445 e. The molecule has 0 atom stereocenters. The Bertz CT molecular complexity index is 236. The highest BCUT2D eigenvalue weighted by Crippen LogP contribution is 2.06. The monoisotopic (exact) mass is 252 g/mol. The normalized spacial score (nSPS) is 10.0. The average Bonchev–Trinajstić information content (AvgIpc) is 2.11. The number of hydrogen-bond acceptors (Lipinski definition) is 5. The summed E-state index contributed by atoms with van der Waals surface area (Å²) in [6, 6.07) is 0. The van der Waals surface area contributed by atoms with Crippen LogP contribution in [0.3, 0.4) is 0 Å². The smallest absolute Gasteiger partial charge is 0.429 e. The Kier molecular flexibility index (Phi) is 6.58. The van der Waals surface area contributed by atoms with Crippen LogP contribution in [-0.2, 0) is 9.53 Å². The Labute approximate surface area is 101 Å². The van der Waals surface area contributed by atoms with Crippen molar-refractivity contribution in [1.82, 2.24) is 10.0 Å². The van der Waals surface area contributed by atoms with Crippen molar-refractivity contribution >= 4 is 37.3 Å². The largest absolute Gasteiger partial charge is 0.445 e. The molecule has 2 amide bonds. The molecule has 0 saturated carbocycles. The lowest BCUT2D eigenvalue weighted by molar-refractivity contribution is -0.140. The Morgan fingerprint density at radius 2 is 1.67 bits per heavy atom. The van der Waals surface area contributed by atoms with Crippen LogP contribution in [-0.4, -0.2) is 39.9 Å². The highest BCUT2D eigenvalue weighted by Gasteiger charge is 2.23. The first-order valence-electron chi connectivity index (χ1n) is 4.41. The third-order valence-corrected chi connectivity index (χ3v) is 2.01. The third-order valence-electron chi connectivity index (χ3n) is 1.47. The number of hydrazine groups is 1. The van der Waals surface area contributed by atoms with Gasteiger partial charge in [-0.25, -0.2) is 14.8 Å². The lowest BCUT2D eigenvalue weighted by Crippen LogP contribution is -2.48. The number of thiol groups is 2. The summed E-state index contributed by atoms with van der Waals surface area (Å²) in [5.74, 6) is -0.130. The van der Waals surface area contributed by atoms with Gasteiger partial charge in [0.15, 0.2) is 0 Å². The molecule has 0 fully saturated rings. The van der Waals surface area contributed by atoms with Gasteiger partial charge in [0.05, 0.1) is 17.9 Å². The molecule has 0 spiro atoms. The molecule has 7 heteroatoms. The van der Waals surface area contributed by atoms with E-state index in [1.54, 1.807) is 13.8 Å². The van der Waals surface area contributed by atoms with Crippen molar-refractivity contribution in [3.8, 4) is 0 Å². The van der Waals surface area contributed by atoms with Gasteiger partial charge in [-0.2, -0.15) is 25.3 Å². The van der Waals surface area contributed by atoms with Crippen LogP contribution >= 0.6 is 25.3 Å². The fourth-order valence-electron chi connectivity index (χ4n) is 0.841. The van der Waals surface area contributed by atoms with E-state index in [-0.39, 0.29) is 23.8 Å². The van der Waals surface area contributed by atoms with Crippen molar-refractivity contribution in [3.05, 3.63) is 0 Å². The van der Waals surface area contributed by atoms with E-state index < -0.39 is 6.09 Å². The molecular weight excluding hydrogens is 236 g/mol. The van der Waals surface area contributed by atoms with E-state index in [2.05, 4.69) is 25.3 Å². The fourth-order valence-corrected chi connectivity index (χ4v) is 1.46. The minimum absolute atomic E-state index is 0.0612. The van der Waals surface area contributed by atoms with E-state index >= 15 is 0 Å². The first-order valence-corrected chi connectivity index (χ1v) is 5.68. The molecule has 0 aliphatic heterocycles. The highest BCUT2D eigenvalue weighted by molar-refractivity contribution is 7.80. The van der Waals surface area contributed by atoms with E-state index in [9.17, 15) is 9.59 Å². The molecule has 0 aromatic rings. The van der Waals surface area contributed by atoms with E-state index in [1.165, 1.54) is 6.92 Å². The van der Waals surface area contributed by atoms with Gasteiger partial charge in [0, 0.05) is 6.92 Å². The maximum atomic E-state index is 11.5. The van der Waals surface area contributed by atoms with Crippen LogP contribution < -0.4 is 0 Å². The molecule has 0 unspecified atom stereocenters. The topological polar surface area (TPSA) is 49.9 Å². The minimum atomic E-state index is -0.607. The van der Waals surface area contributed by atoms with E-state index in [4.69, 9.17) is 4.74 Å². The van der Waals surface area contributed by atoms with Gasteiger partial charge in [0.2, 0.25) is 5.91 Å². The quantitative estimate of drug-likeness (QED) is 0.453. The number of nitrogens with zero attached hydrogens (tertiary/aromatic N) is 2. The van der Waals surface area contributed by atoms with Gasteiger partial charge < -0.3 is 4.74 Å².